The highest BCUT2D eigenvalue weighted by Crippen LogP contribution is 2.22. The lowest BCUT2D eigenvalue weighted by atomic mass is 10.00. The van der Waals surface area contributed by atoms with Crippen molar-refractivity contribution in [3.05, 3.63) is 34.4 Å². The van der Waals surface area contributed by atoms with Gasteiger partial charge < -0.3 is 4.90 Å². The molecule has 0 spiro atoms. The Morgan fingerprint density at radius 1 is 1.20 bits per heavy atom. The van der Waals surface area contributed by atoms with Crippen LogP contribution in [0.25, 0.3) is 0 Å². The maximum atomic E-state index is 13.0. The van der Waals surface area contributed by atoms with Gasteiger partial charge in [0.2, 0.25) is 5.91 Å². The standard InChI is InChI=1S/C19H29N5O/c1-13-10-14(2)24(20-13)12-17-8-6-7-9-23(17)19(25)11-18-15(3)21-22(5)16(18)4/h10,17H,6-9,11-12H2,1-5H3/t17-/m1/s1. The third-order valence-electron chi connectivity index (χ3n) is 5.42. The zero-order valence-corrected chi connectivity index (χ0v) is 16.0. The highest BCUT2D eigenvalue weighted by atomic mass is 16.2. The van der Waals surface area contributed by atoms with Gasteiger partial charge in [-0.2, -0.15) is 10.2 Å². The van der Waals surface area contributed by atoms with Gasteiger partial charge in [0.25, 0.3) is 0 Å². The fraction of sp³-hybridized carbons (Fsp3) is 0.632. The number of hydrogen-bond donors (Lipinski definition) is 0. The second-order valence-corrected chi connectivity index (χ2v) is 7.30. The molecule has 6 heteroatoms. The van der Waals surface area contributed by atoms with Crippen LogP contribution in [-0.2, 0) is 24.8 Å². The molecule has 25 heavy (non-hydrogen) atoms. The number of likely N-dealkylation sites (tertiary alicyclic amines) is 1. The number of nitrogens with zero attached hydrogens (tertiary/aromatic N) is 5. The van der Waals surface area contributed by atoms with Gasteiger partial charge in [0.05, 0.1) is 30.4 Å². The normalized spacial score (nSPS) is 18.0. The first kappa shape index (κ1) is 17.7. The monoisotopic (exact) mass is 343 g/mol. The van der Waals surface area contributed by atoms with Crippen LogP contribution in [0.4, 0.5) is 0 Å². The van der Waals surface area contributed by atoms with Crippen molar-refractivity contribution < 1.29 is 4.79 Å². The number of rotatable bonds is 4. The van der Waals surface area contributed by atoms with E-state index in [0.29, 0.717) is 6.42 Å². The third kappa shape index (κ3) is 3.62. The summed E-state index contributed by atoms with van der Waals surface area (Å²) in [6.07, 6.45) is 3.76. The smallest absolute Gasteiger partial charge is 0.227 e. The molecule has 0 aromatic carbocycles. The van der Waals surface area contributed by atoms with Crippen LogP contribution in [0.2, 0.25) is 0 Å². The molecule has 3 rings (SSSR count). The molecule has 1 aliphatic rings. The van der Waals surface area contributed by atoms with Gasteiger partial charge in [-0.05, 0) is 53.0 Å². The Labute approximate surface area is 149 Å². The molecule has 1 atom stereocenters. The quantitative estimate of drug-likeness (QED) is 0.857. The van der Waals surface area contributed by atoms with E-state index in [-0.39, 0.29) is 11.9 Å². The minimum Gasteiger partial charge on any atom is -0.338 e. The first-order valence-corrected chi connectivity index (χ1v) is 9.16. The van der Waals surface area contributed by atoms with Gasteiger partial charge in [-0.3, -0.25) is 14.2 Å². The highest BCUT2D eigenvalue weighted by Gasteiger charge is 2.28. The fourth-order valence-corrected chi connectivity index (χ4v) is 3.90. The Balaban J connectivity index is 1.76. The van der Waals surface area contributed by atoms with Crippen molar-refractivity contribution in [2.24, 2.45) is 7.05 Å². The first-order valence-electron chi connectivity index (χ1n) is 9.16. The zero-order valence-electron chi connectivity index (χ0n) is 16.0. The summed E-state index contributed by atoms with van der Waals surface area (Å²) in [5, 5.41) is 9.02. The van der Waals surface area contributed by atoms with Crippen LogP contribution >= 0.6 is 0 Å². The van der Waals surface area contributed by atoms with Gasteiger partial charge in [0.15, 0.2) is 0 Å². The number of carbonyl (C=O) groups is 1. The molecule has 0 unspecified atom stereocenters. The molecule has 0 aliphatic carbocycles. The molecule has 2 aromatic heterocycles. The van der Waals surface area contributed by atoms with Gasteiger partial charge in [0, 0.05) is 30.5 Å². The molecule has 1 amide bonds. The number of carbonyl (C=O) groups excluding carboxylic acids is 1. The second-order valence-electron chi connectivity index (χ2n) is 7.30. The minimum atomic E-state index is 0.213. The maximum absolute atomic E-state index is 13.0. The van der Waals surface area contributed by atoms with E-state index in [9.17, 15) is 4.79 Å². The minimum absolute atomic E-state index is 0.213. The highest BCUT2D eigenvalue weighted by molar-refractivity contribution is 5.79. The second kappa shape index (κ2) is 7.02. The van der Waals surface area contributed by atoms with Gasteiger partial charge >= 0.3 is 0 Å². The summed E-state index contributed by atoms with van der Waals surface area (Å²) in [5.41, 5.74) is 5.31. The molecule has 0 saturated carbocycles. The Bertz CT molecular complexity index is 773. The van der Waals surface area contributed by atoms with Crippen molar-refractivity contribution in [2.75, 3.05) is 6.54 Å². The van der Waals surface area contributed by atoms with Gasteiger partial charge in [0.1, 0.15) is 0 Å². The summed E-state index contributed by atoms with van der Waals surface area (Å²) < 4.78 is 3.91. The van der Waals surface area contributed by atoms with Crippen LogP contribution in [0.3, 0.4) is 0 Å². The van der Waals surface area contributed by atoms with Crippen LogP contribution in [0, 0.1) is 27.7 Å². The third-order valence-corrected chi connectivity index (χ3v) is 5.42. The summed E-state index contributed by atoms with van der Waals surface area (Å²) in [6, 6.07) is 2.33. The lowest BCUT2D eigenvalue weighted by Gasteiger charge is -2.36. The maximum Gasteiger partial charge on any atom is 0.227 e. The average Bonchev–Trinajstić information content (AvgIpc) is 3.00. The van der Waals surface area contributed by atoms with E-state index in [2.05, 4.69) is 28.1 Å². The molecular formula is C19H29N5O. The van der Waals surface area contributed by atoms with Crippen LogP contribution in [0.1, 0.15) is 47.6 Å². The Kier molecular flexibility index (Phi) is 4.97. The van der Waals surface area contributed by atoms with Crippen molar-refractivity contribution in [1.29, 1.82) is 0 Å². The number of aromatic nitrogens is 4. The van der Waals surface area contributed by atoms with Crippen molar-refractivity contribution in [2.45, 2.75) is 66.0 Å². The number of amides is 1. The zero-order chi connectivity index (χ0) is 18.1. The summed E-state index contributed by atoms with van der Waals surface area (Å²) >= 11 is 0. The summed E-state index contributed by atoms with van der Waals surface area (Å²) in [5.74, 6) is 0.213. The topological polar surface area (TPSA) is 56.0 Å². The average molecular weight is 343 g/mol. The molecule has 1 aliphatic heterocycles. The van der Waals surface area contributed by atoms with Gasteiger partial charge in [-0.25, -0.2) is 0 Å². The first-order chi connectivity index (χ1) is 11.9. The molecule has 136 valence electrons. The van der Waals surface area contributed by atoms with E-state index in [1.807, 2.05) is 37.2 Å². The van der Waals surface area contributed by atoms with Gasteiger partial charge in [-0.1, -0.05) is 0 Å². The molecule has 0 N–H and O–H groups in total. The summed E-state index contributed by atoms with van der Waals surface area (Å²) in [7, 11) is 1.93. The van der Waals surface area contributed by atoms with E-state index < -0.39 is 0 Å². The van der Waals surface area contributed by atoms with E-state index >= 15 is 0 Å². The Hall–Kier alpha value is -2.11. The van der Waals surface area contributed by atoms with Crippen molar-refractivity contribution in [1.82, 2.24) is 24.5 Å². The van der Waals surface area contributed by atoms with E-state index in [1.165, 1.54) is 6.42 Å². The van der Waals surface area contributed by atoms with E-state index in [1.54, 1.807) is 0 Å². The largest absolute Gasteiger partial charge is 0.338 e. The van der Waals surface area contributed by atoms with Crippen LogP contribution in [0.5, 0.6) is 0 Å². The molecule has 0 radical (unpaired) electrons. The molecule has 6 nitrogen and oxygen atoms in total. The predicted octanol–water partition coefficient (Wildman–Crippen LogP) is 2.47. The lowest BCUT2D eigenvalue weighted by Crippen LogP contribution is -2.46. The number of hydrogen-bond acceptors (Lipinski definition) is 3. The molecule has 1 fully saturated rings. The van der Waals surface area contributed by atoms with Crippen molar-refractivity contribution in [3.8, 4) is 0 Å². The molecular weight excluding hydrogens is 314 g/mol. The summed E-state index contributed by atoms with van der Waals surface area (Å²) in [4.78, 5) is 15.1. The van der Waals surface area contributed by atoms with E-state index in [4.69, 9.17) is 0 Å². The van der Waals surface area contributed by atoms with Gasteiger partial charge in [-0.15, -0.1) is 0 Å². The van der Waals surface area contributed by atoms with Crippen LogP contribution < -0.4 is 0 Å². The molecule has 2 aromatic rings. The Morgan fingerprint density at radius 3 is 2.56 bits per heavy atom. The molecule has 3 heterocycles. The molecule has 0 bridgehead atoms. The molecule has 1 saturated heterocycles. The summed E-state index contributed by atoms with van der Waals surface area (Å²) in [6.45, 7) is 9.75. The lowest BCUT2D eigenvalue weighted by molar-refractivity contribution is -0.134. The van der Waals surface area contributed by atoms with Crippen LogP contribution in [-0.4, -0.2) is 43.0 Å². The van der Waals surface area contributed by atoms with E-state index in [0.717, 1.165) is 54.3 Å². The SMILES string of the molecule is Cc1cc(C)n(C[C@H]2CCCCN2C(=O)Cc2c(C)nn(C)c2C)n1. The van der Waals surface area contributed by atoms with Crippen LogP contribution in [0.15, 0.2) is 6.07 Å². The van der Waals surface area contributed by atoms with Crippen molar-refractivity contribution in [3.63, 3.8) is 0 Å². The Morgan fingerprint density at radius 2 is 1.96 bits per heavy atom. The number of aryl methyl sites for hydroxylation is 4. The predicted molar refractivity (Wildman–Crippen MR) is 97.4 cm³/mol. The fourth-order valence-electron chi connectivity index (χ4n) is 3.90. The van der Waals surface area contributed by atoms with Crippen molar-refractivity contribution >= 4 is 5.91 Å². The number of piperidine rings is 1.